The lowest BCUT2D eigenvalue weighted by Crippen LogP contribution is -2.69. The molecular formula is C51H83N3O28. The monoisotopic (exact) mass is 1190 g/mol. The molecule has 0 aliphatic carbocycles. The molecule has 0 radical (unpaired) electrons. The smallest absolute Gasteiger partial charge is 0.187 e. The zero-order valence-electron chi connectivity index (χ0n) is 44.8. The second kappa shape index (κ2) is 29.3. The Balaban J connectivity index is 1.09. The van der Waals surface area contributed by atoms with Gasteiger partial charge >= 0.3 is 0 Å². The molecule has 12 aliphatic heterocycles. The molecular weight excluding hydrogens is 1100 g/mol. The van der Waals surface area contributed by atoms with Crippen LogP contribution >= 0.6 is 0 Å². The van der Waals surface area contributed by atoms with E-state index in [-0.39, 0.29) is 32.6 Å². The van der Waals surface area contributed by atoms with Gasteiger partial charge in [-0.1, -0.05) is 30.3 Å². The summed E-state index contributed by atoms with van der Waals surface area (Å²) in [5, 5.41) is 189. The molecule has 0 aromatic heterocycles. The molecule has 0 saturated carbocycles. The minimum absolute atomic E-state index is 0.188. The molecule has 470 valence electrons. The van der Waals surface area contributed by atoms with Crippen LogP contribution in [0.25, 0.3) is 0 Å². The number of benzene rings is 1. The van der Waals surface area contributed by atoms with Crippen LogP contribution in [0.5, 0.6) is 0 Å². The molecule has 12 bridgehead atoms. The van der Waals surface area contributed by atoms with Gasteiger partial charge in [0.15, 0.2) is 37.7 Å². The minimum atomic E-state index is -2.10. The Labute approximate surface area is 471 Å². The van der Waals surface area contributed by atoms with Gasteiger partial charge in [0.25, 0.3) is 0 Å². The van der Waals surface area contributed by atoms with E-state index < -0.39 is 211 Å². The molecule has 12 heterocycles. The number of ether oxygens (including phenoxy) is 12. The fourth-order valence-electron chi connectivity index (χ4n) is 11.8. The van der Waals surface area contributed by atoms with Crippen molar-refractivity contribution in [2.75, 3.05) is 72.2 Å². The van der Waals surface area contributed by atoms with Crippen LogP contribution in [-0.2, 0) is 63.3 Å². The van der Waals surface area contributed by atoms with Gasteiger partial charge in [0.05, 0.1) is 25.9 Å². The van der Waals surface area contributed by atoms with Crippen molar-refractivity contribution >= 4 is 0 Å². The third kappa shape index (κ3) is 14.3. The van der Waals surface area contributed by atoms with Gasteiger partial charge in [0.1, 0.15) is 140 Å². The standard InChI is InChI=1S/C51H83N3O28/c55-15-9-22-40-28(59)34(65)46(71-22)80-43-25(18-56)74-49(37(68)31(43)62)79-42-24-17-53-11-14-54(12-5-4-8-21-6-2-1-3-7-21)13-10-52-16-23-41(29(60)35(66)47(72-23)77-40)78-50-38(69)32(63)45(27(20-58)75-50)82-51-39(70)33(64)44(26(19-57)76-51)81-48(73-24)36(67)30(42)61/h1-3,6-7,22-53,55-70H,4-5,8-20H2/t22-,23?,24?,25-,26?,27?,28?,29?,30?,31?,32?,33?,34?,35?,36?,37?,38?,39?,40-,41-,42-,43-,44-,45-,46-,47-,48-,49-,50-,51-/m1/s1. The van der Waals surface area contributed by atoms with Crippen molar-refractivity contribution in [1.82, 2.24) is 15.5 Å². The van der Waals surface area contributed by atoms with Crippen LogP contribution in [0.3, 0.4) is 0 Å². The molecule has 30 atom stereocenters. The first-order chi connectivity index (χ1) is 39.5. The number of hydrogen-bond acceptors (Lipinski definition) is 31. The highest BCUT2D eigenvalue weighted by Gasteiger charge is 2.59. The summed E-state index contributed by atoms with van der Waals surface area (Å²) >= 11 is 0. The molecule has 0 spiro atoms. The number of aryl methyl sites for hydroxylation is 1. The van der Waals surface area contributed by atoms with Gasteiger partial charge in [-0.05, 0) is 37.8 Å². The van der Waals surface area contributed by atoms with Crippen molar-refractivity contribution in [2.45, 2.75) is 210 Å². The van der Waals surface area contributed by atoms with Gasteiger partial charge in [-0.15, -0.1) is 0 Å². The Morgan fingerprint density at radius 3 is 1.07 bits per heavy atom. The summed E-state index contributed by atoms with van der Waals surface area (Å²) < 4.78 is 72.6. The molecule has 1 aromatic carbocycles. The number of aliphatic hydroxyl groups is 16. The Bertz CT molecular complexity index is 2070. The summed E-state index contributed by atoms with van der Waals surface area (Å²) in [5.74, 6) is 0. The second-order valence-corrected chi connectivity index (χ2v) is 22.0. The fraction of sp³-hybridized carbons (Fsp3) is 0.882. The van der Waals surface area contributed by atoms with E-state index in [2.05, 4.69) is 15.5 Å². The third-order valence-corrected chi connectivity index (χ3v) is 16.5. The predicted molar refractivity (Wildman–Crippen MR) is 268 cm³/mol. The van der Waals surface area contributed by atoms with Crippen molar-refractivity contribution in [3.63, 3.8) is 0 Å². The van der Waals surface area contributed by atoms with Crippen LogP contribution in [-0.4, -0.2) is 343 Å². The van der Waals surface area contributed by atoms with Gasteiger partial charge in [0, 0.05) is 45.9 Å². The molecule has 0 amide bonds. The quantitative estimate of drug-likeness (QED) is 0.0968. The van der Waals surface area contributed by atoms with Gasteiger partial charge in [-0.3, -0.25) is 0 Å². The molecule has 82 heavy (non-hydrogen) atoms. The fourth-order valence-corrected chi connectivity index (χ4v) is 11.8. The Hall–Kier alpha value is -2.02. The molecule has 31 heteroatoms. The lowest BCUT2D eigenvalue weighted by Gasteiger charge is -2.51. The molecule has 12 fully saturated rings. The van der Waals surface area contributed by atoms with Crippen molar-refractivity contribution in [1.29, 1.82) is 0 Å². The average molecular weight is 1190 g/mol. The lowest BCUT2D eigenvalue weighted by molar-refractivity contribution is -0.402. The van der Waals surface area contributed by atoms with Crippen LogP contribution in [0.2, 0.25) is 0 Å². The number of fused-ring (bicyclic) bond motifs is 4. The van der Waals surface area contributed by atoms with Crippen LogP contribution in [0.4, 0.5) is 0 Å². The van der Waals surface area contributed by atoms with Crippen LogP contribution in [0.1, 0.15) is 24.8 Å². The van der Waals surface area contributed by atoms with Crippen molar-refractivity contribution < 1.29 is 139 Å². The zero-order valence-corrected chi connectivity index (χ0v) is 44.8. The summed E-state index contributed by atoms with van der Waals surface area (Å²) in [4.78, 5) is 2.12. The largest absolute Gasteiger partial charge is 0.396 e. The van der Waals surface area contributed by atoms with Crippen molar-refractivity contribution in [2.24, 2.45) is 0 Å². The molecule has 18 N–H and O–H groups in total. The van der Waals surface area contributed by atoms with E-state index in [1.165, 1.54) is 0 Å². The first kappa shape index (κ1) is 64.5. The third-order valence-electron chi connectivity index (χ3n) is 16.5. The summed E-state index contributed by atoms with van der Waals surface area (Å²) in [6.45, 7) is -2.00. The highest BCUT2D eigenvalue weighted by molar-refractivity contribution is 5.14. The van der Waals surface area contributed by atoms with E-state index in [1.807, 2.05) is 30.3 Å². The number of rotatable bonds is 10. The Morgan fingerprint density at radius 2 is 0.707 bits per heavy atom. The van der Waals surface area contributed by atoms with Gasteiger partial charge in [0.2, 0.25) is 0 Å². The molecule has 12 saturated heterocycles. The minimum Gasteiger partial charge on any atom is -0.396 e. The van der Waals surface area contributed by atoms with E-state index in [0.29, 0.717) is 19.6 Å². The van der Waals surface area contributed by atoms with E-state index in [0.717, 1.165) is 24.8 Å². The highest BCUT2D eigenvalue weighted by Crippen LogP contribution is 2.38. The Morgan fingerprint density at radius 1 is 0.378 bits per heavy atom. The number of nitrogens with one attached hydrogen (secondary N) is 2. The SMILES string of the molecule is OCC[C@H]1O[C@@H]2O[C@H]3C(O)C(O)[C@@H](O[C@@H]4C5CNCCN(CCCCc6ccccc6)CCNCC6O[C@H](O[C@H]1C(O)C2O)C(O)C(O)[C@@H]6O[C@H]1OC(CO)[C@@H](O[C@H]2OC(CO)[C@@H](O[C@@H](O5)C(O)C4O)C(O)C2O)C(O)C1O)O[C@@H]3CO. The zero-order chi connectivity index (χ0) is 58.5. The van der Waals surface area contributed by atoms with Gasteiger partial charge < -0.3 is 154 Å². The van der Waals surface area contributed by atoms with Crippen LogP contribution < -0.4 is 10.6 Å². The van der Waals surface area contributed by atoms with Crippen molar-refractivity contribution in [3.8, 4) is 0 Å². The molecule has 13 rings (SSSR count). The number of hydrogen-bond donors (Lipinski definition) is 18. The summed E-state index contributed by atoms with van der Waals surface area (Å²) in [7, 11) is 0. The first-order valence-corrected chi connectivity index (χ1v) is 28.1. The van der Waals surface area contributed by atoms with Crippen molar-refractivity contribution in [3.05, 3.63) is 35.9 Å². The van der Waals surface area contributed by atoms with E-state index in [1.54, 1.807) is 0 Å². The van der Waals surface area contributed by atoms with E-state index >= 15 is 0 Å². The maximum Gasteiger partial charge on any atom is 0.187 e. The van der Waals surface area contributed by atoms with E-state index in [9.17, 15) is 81.7 Å². The number of unbranched alkanes of at least 4 members (excludes halogenated alkanes) is 1. The maximum atomic E-state index is 12.0. The molecule has 31 nitrogen and oxygen atoms in total. The number of aliphatic hydroxyl groups excluding tert-OH is 16. The maximum absolute atomic E-state index is 12.0. The van der Waals surface area contributed by atoms with E-state index in [4.69, 9.17) is 56.8 Å². The van der Waals surface area contributed by atoms with Gasteiger partial charge in [-0.25, -0.2) is 0 Å². The average Bonchev–Trinajstić information content (AvgIpc) is 3.30. The van der Waals surface area contributed by atoms with Crippen LogP contribution in [0.15, 0.2) is 30.3 Å². The summed E-state index contributed by atoms with van der Waals surface area (Å²) in [6, 6.07) is 9.93. The van der Waals surface area contributed by atoms with Crippen LogP contribution in [0, 0.1) is 0 Å². The first-order valence-electron chi connectivity index (χ1n) is 28.1. The molecule has 1 aromatic rings. The Kier molecular flexibility index (Phi) is 23.0. The lowest BCUT2D eigenvalue weighted by atomic mass is 9.94. The molecule has 16 unspecified atom stereocenters. The second-order valence-electron chi connectivity index (χ2n) is 22.0. The topological polar surface area (TPSA) is 462 Å². The molecule has 12 aliphatic rings. The predicted octanol–water partition coefficient (Wildman–Crippen LogP) is -10.1. The number of nitrogens with zero attached hydrogens (tertiary/aromatic N) is 1. The highest BCUT2D eigenvalue weighted by atomic mass is 16.8. The van der Waals surface area contributed by atoms with Gasteiger partial charge in [-0.2, -0.15) is 0 Å². The summed E-state index contributed by atoms with van der Waals surface area (Å²) in [6.07, 6.45) is -53.4. The summed E-state index contributed by atoms with van der Waals surface area (Å²) in [5.41, 5.74) is 1.16. The normalized spacial score (nSPS) is 48.6.